The van der Waals surface area contributed by atoms with Crippen LogP contribution in [0.5, 0.6) is 0 Å². The third kappa shape index (κ3) is 4.29. The van der Waals surface area contributed by atoms with Crippen LogP contribution < -0.4 is 11.1 Å². The van der Waals surface area contributed by atoms with Gasteiger partial charge in [0.25, 0.3) is 0 Å². The van der Waals surface area contributed by atoms with E-state index in [2.05, 4.69) is 5.32 Å². The van der Waals surface area contributed by atoms with Crippen LogP contribution >= 0.6 is 0 Å². The maximum atomic E-state index is 11.7. The highest BCUT2D eigenvalue weighted by molar-refractivity contribution is 5.78. The molecule has 3 N–H and O–H groups in total. The predicted molar refractivity (Wildman–Crippen MR) is 66.4 cm³/mol. The average Bonchev–Trinajstić information content (AvgIpc) is 3.03. The smallest absolute Gasteiger partial charge is 0.308 e. The molecule has 0 spiro atoms. The highest BCUT2D eigenvalue weighted by Gasteiger charge is 2.43. The molecule has 0 radical (unpaired) electrons. The van der Waals surface area contributed by atoms with Crippen molar-refractivity contribution in [2.75, 3.05) is 0 Å². The molecular formula is C13H22N2O3. The molecule has 0 saturated heterocycles. The zero-order chi connectivity index (χ0) is 13.4. The van der Waals surface area contributed by atoms with E-state index >= 15 is 0 Å². The van der Waals surface area contributed by atoms with Gasteiger partial charge in [-0.2, -0.15) is 0 Å². The molecule has 2 aliphatic carbocycles. The third-order valence-corrected chi connectivity index (χ3v) is 3.26. The molecule has 102 valence electrons. The van der Waals surface area contributed by atoms with Crippen molar-refractivity contribution in [1.82, 2.24) is 5.32 Å². The topological polar surface area (TPSA) is 81.4 Å². The number of nitrogens with one attached hydrogen (secondary N) is 1. The normalized spacial score (nSPS) is 21.3. The summed E-state index contributed by atoms with van der Waals surface area (Å²) in [7, 11) is 0. The van der Waals surface area contributed by atoms with E-state index < -0.39 is 5.72 Å². The van der Waals surface area contributed by atoms with Crippen molar-refractivity contribution < 1.29 is 14.3 Å². The Bertz CT molecular complexity index is 357. The van der Waals surface area contributed by atoms with Crippen LogP contribution in [0.25, 0.3) is 0 Å². The van der Waals surface area contributed by atoms with Crippen molar-refractivity contribution in [2.24, 2.45) is 11.1 Å². The van der Waals surface area contributed by atoms with Gasteiger partial charge in [0.15, 0.2) is 5.72 Å². The molecule has 5 heteroatoms. The van der Waals surface area contributed by atoms with E-state index in [1.807, 2.05) is 13.8 Å². The quantitative estimate of drug-likeness (QED) is 0.548. The molecule has 18 heavy (non-hydrogen) atoms. The standard InChI is InChI=1S/C13H22N2O3/c1-12(2,7-10(16)15-9-3-4-9)8-11(17)18-13(14)5-6-13/h9H,3-8,14H2,1-2H3,(H,15,16). The largest absolute Gasteiger partial charge is 0.444 e. The molecule has 2 saturated carbocycles. The number of carbonyl (C=O) groups excluding carboxylic acids is 2. The molecular weight excluding hydrogens is 232 g/mol. The maximum Gasteiger partial charge on any atom is 0.308 e. The van der Waals surface area contributed by atoms with Gasteiger partial charge in [0.2, 0.25) is 5.91 Å². The van der Waals surface area contributed by atoms with Crippen molar-refractivity contribution in [3.8, 4) is 0 Å². The summed E-state index contributed by atoms with van der Waals surface area (Å²) in [5.41, 5.74) is 4.61. The zero-order valence-corrected chi connectivity index (χ0v) is 11.1. The van der Waals surface area contributed by atoms with Gasteiger partial charge in [-0.1, -0.05) is 13.8 Å². The fourth-order valence-electron chi connectivity index (χ4n) is 1.88. The zero-order valence-electron chi connectivity index (χ0n) is 11.1. The lowest BCUT2D eigenvalue weighted by atomic mass is 9.85. The number of ether oxygens (including phenoxy) is 1. The number of hydrogen-bond acceptors (Lipinski definition) is 4. The van der Waals surface area contributed by atoms with Crippen molar-refractivity contribution in [2.45, 2.75) is 64.1 Å². The summed E-state index contributed by atoms with van der Waals surface area (Å²) in [5, 5.41) is 2.93. The first-order valence-corrected chi connectivity index (χ1v) is 6.58. The Hall–Kier alpha value is -1.10. The van der Waals surface area contributed by atoms with Gasteiger partial charge in [-0.3, -0.25) is 15.3 Å². The Kier molecular flexibility index (Phi) is 3.36. The van der Waals surface area contributed by atoms with Gasteiger partial charge in [-0.25, -0.2) is 0 Å². The van der Waals surface area contributed by atoms with Gasteiger partial charge in [-0.05, 0) is 18.3 Å². The van der Waals surface area contributed by atoms with E-state index in [4.69, 9.17) is 10.5 Å². The first kappa shape index (κ1) is 13.3. The number of rotatable bonds is 6. The third-order valence-electron chi connectivity index (χ3n) is 3.26. The van der Waals surface area contributed by atoms with Crippen molar-refractivity contribution in [3.63, 3.8) is 0 Å². The summed E-state index contributed by atoms with van der Waals surface area (Å²) < 4.78 is 5.17. The van der Waals surface area contributed by atoms with E-state index in [0.717, 1.165) is 25.7 Å². The number of esters is 1. The molecule has 1 amide bonds. The Labute approximate surface area is 107 Å². The second-order valence-corrected chi connectivity index (χ2v) is 6.40. The molecule has 0 heterocycles. The lowest BCUT2D eigenvalue weighted by molar-refractivity contribution is -0.153. The lowest BCUT2D eigenvalue weighted by Crippen LogP contribution is -2.34. The van der Waals surface area contributed by atoms with Gasteiger partial charge >= 0.3 is 5.97 Å². The molecule has 2 fully saturated rings. The maximum absolute atomic E-state index is 11.7. The van der Waals surface area contributed by atoms with Gasteiger partial charge in [0, 0.05) is 25.3 Å². The Morgan fingerprint density at radius 2 is 1.94 bits per heavy atom. The molecule has 0 aromatic rings. The number of hydrogen-bond donors (Lipinski definition) is 2. The molecule has 0 aromatic heterocycles. The van der Waals surface area contributed by atoms with E-state index in [-0.39, 0.29) is 23.7 Å². The van der Waals surface area contributed by atoms with Gasteiger partial charge < -0.3 is 10.1 Å². The molecule has 0 unspecified atom stereocenters. The van der Waals surface area contributed by atoms with E-state index in [1.165, 1.54) is 0 Å². The summed E-state index contributed by atoms with van der Waals surface area (Å²) >= 11 is 0. The Balaban J connectivity index is 1.74. The second-order valence-electron chi connectivity index (χ2n) is 6.40. The molecule has 2 aliphatic rings. The number of amides is 1. The van der Waals surface area contributed by atoms with Gasteiger partial charge in [0.05, 0.1) is 6.42 Å². The Morgan fingerprint density at radius 3 is 2.44 bits per heavy atom. The summed E-state index contributed by atoms with van der Waals surface area (Å²) in [4.78, 5) is 23.4. The lowest BCUT2D eigenvalue weighted by Gasteiger charge is -2.23. The number of carbonyl (C=O) groups is 2. The van der Waals surface area contributed by atoms with Gasteiger partial charge in [0.1, 0.15) is 0 Å². The summed E-state index contributed by atoms with van der Waals surface area (Å²) in [6, 6.07) is 0.360. The second kappa shape index (κ2) is 4.53. The van der Waals surface area contributed by atoms with Crippen LogP contribution in [0.1, 0.15) is 52.4 Å². The van der Waals surface area contributed by atoms with Crippen LogP contribution in [0.2, 0.25) is 0 Å². The van der Waals surface area contributed by atoms with Crippen molar-refractivity contribution in [1.29, 1.82) is 0 Å². The van der Waals surface area contributed by atoms with Crippen LogP contribution in [0, 0.1) is 5.41 Å². The average molecular weight is 254 g/mol. The minimum Gasteiger partial charge on any atom is -0.444 e. The Morgan fingerprint density at radius 1 is 1.33 bits per heavy atom. The van der Waals surface area contributed by atoms with E-state index in [9.17, 15) is 9.59 Å². The minimum atomic E-state index is -0.719. The summed E-state index contributed by atoms with van der Waals surface area (Å²) in [6.45, 7) is 3.80. The summed E-state index contributed by atoms with van der Waals surface area (Å²) in [5.74, 6) is -0.289. The van der Waals surface area contributed by atoms with Crippen LogP contribution in [-0.2, 0) is 14.3 Å². The first-order chi connectivity index (χ1) is 8.28. The van der Waals surface area contributed by atoms with Crippen LogP contribution in [0.4, 0.5) is 0 Å². The molecule has 0 atom stereocenters. The van der Waals surface area contributed by atoms with Crippen molar-refractivity contribution >= 4 is 11.9 Å². The summed E-state index contributed by atoms with van der Waals surface area (Å²) in [6.07, 6.45) is 4.19. The van der Waals surface area contributed by atoms with E-state index in [0.29, 0.717) is 12.5 Å². The molecule has 2 rings (SSSR count). The molecule has 0 aromatic carbocycles. The van der Waals surface area contributed by atoms with Crippen LogP contribution in [0.3, 0.4) is 0 Å². The van der Waals surface area contributed by atoms with E-state index in [1.54, 1.807) is 0 Å². The molecule has 0 bridgehead atoms. The fourth-order valence-corrected chi connectivity index (χ4v) is 1.88. The SMILES string of the molecule is CC(C)(CC(=O)NC1CC1)CC(=O)OC1(N)CC1. The fraction of sp³-hybridized carbons (Fsp3) is 0.846. The molecule has 0 aliphatic heterocycles. The van der Waals surface area contributed by atoms with Gasteiger partial charge in [-0.15, -0.1) is 0 Å². The number of nitrogens with two attached hydrogens (primary N) is 1. The van der Waals surface area contributed by atoms with Crippen molar-refractivity contribution in [3.05, 3.63) is 0 Å². The highest BCUT2D eigenvalue weighted by atomic mass is 16.6. The monoisotopic (exact) mass is 254 g/mol. The van der Waals surface area contributed by atoms with Crippen LogP contribution in [0.15, 0.2) is 0 Å². The van der Waals surface area contributed by atoms with Crippen LogP contribution in [-0.4, -0.2) is 23.6 Å². The molecule has 5 nitrogen and oxygen atoms in total. The highest BCUT2D eigenvalue weighted by Crippen LogP contribution is 2.35. The minimum absolute atomic E-state index is 0.0178. The first-order valence-electron chi connectivity index (χ1n) is 6.58. The predicted octanol–water partition coefficient (Wildman–Crippen LogP) is 1.06.